The van der Waals surface area contributed by atoms with Crippen molar-refractivity contribution < 1.29 is 18.7 Å². The Balaban J connectivity index is 3.36. The molecule has 0 rings (SSSR count). The number of hydrogen-bond acceptors (Lipinski definition) is 2. The molecule has 1 unspecified atom stereocenters. The molecule has 0 aliphatic carbocycles. The summed E-state index contributed by atoms with van der Waals surface area (Å²) >= 11 is -2.07. The second-order valence-electron chi connectivity index (χ2n) is 1.34. The zero-order valence-corrected chi connectivity index (χ0v) is 5.80. The van der Waals surface area contributed by atoms with E-state index in [9.17, 15) is 9.00 Å². The first kappa shape index (κ1) is 9.28. The van der Waals surface area contributed by atoms with Gasteiger partial charge >= 0.3 is 5.97 Å². The van der Waals surface area contributed by atoms with Crippen LogP contribution in [-0.4, -0.2) is 26.4 Å². The highest BCUT2D eigenvalue weighted by molar-refractivity contribution is 7.77. The molecule has 0 amide bonds. The normalized spacial score (nSPS) is 13.7. The summed E-state index contributed by atoms with van der Waals surface area (Å²) in [6.07, 6.45) is 2.12. The predicted molar refractivity (Wildman–Crippen MR) is 35.5 cm³/mol. The van der Waals surface area contributed by atoms with Crippen LogP contribution >= 0.6 is 0 Å². The second kappa shape index (κ2) is 5.10. The summed E-state index contributed by atoms with van der Waals surface area (Å²) in [5.41, 5.74) is 0. The molecule has 0 radical (unpaired) electrons. The van der Waals surface area contributed by atoms with Crippen LogP contribution in [0.15, 0.2) is 12.2 Å². The fourth-order valence-electron chi connectivity index (χ4n) is 0.279. The predicted octanol–water partition coefficient (Wildman–Crippen LogP) is -0.646. The molecule has 0 aromatic rings. The van der Waals surface area contributed by atoms with Crippen LogP contribution in [0.3, 0.4) is 0 Å². The molecular formula is C4H7NO4S. The first-order chi connectivity index (χ1) is 4.63. The molecule has 0 aliphatic heterocycles. The van der Waals surface area contributed by atoms with Crippen molar-refractivity contribution in [3.05, 3.63) is 12.2 Å². The molecule has 58 valence electrons. The summed E-state index contributed by atoms with van der Waals surface area (Å²) in [6, 6.07) is 0. The lowest BCUT2D eigenvalue weighted by molar-refractivity contribution is -0.131. The molecule has 0 aromatic carbocycles. The van der Waals surface area contributed by atoms with E-state index >= 15 is 0 Å². The van der Waals surface area contributed by atoms with Crippen molar-refractivity contribution in [2.45, 2.75) is 0 Å². The molecule has 0 saturated carbocycles. The van der Waals surface area contributed by atoms with E-state index in [4.69, 9.17) is 9.66 Å². The molecule has 0 fully saturated rings. The largest absolute Gasteiger partial charge is 0.478 e. The Bertz CT molecular complexity index is 167. The monoisotopic (exact) mass is 165 g/mol. The van der Waals surface area contributed by atoms with E-state index in [2.05, 4.69) is 4.72 Å². The molecule has 0 saturated heterocycles. The van der Waals surface area contributed by atoms with Gasteiger partial charge in [0.25, 0.3) is 0 Å². The van der Waals surface area contributed by atoms with Gasteiger partial charge in [-0.15, -0.1) is 0 Å². The minimum Gasteiger partial charge on any atom is -0.478 e. The van der Waals surface area contributed by atoms with Crippen molar-refractivity contribution >= 4 is 17.2 Å². The molecule has 0 aliphatic rings. The number of hydrogen-bond donors (Lipinski definition) is 3. The minimum absolute atomic E-state index is 0.0649. The van der Waals surface area contributed by atoms with E-state index in [1.165, 1.54) is 6.08 Å². The van der Waals surface area contributed by atoms with Crippen LogP contribution in [0, 0.1) is 0 Å². The summed E-state index contributed by atoms with van der Waals surface area (Å²) in [5, 5.41) is 8.03. The lowest BCUT2D eigenvalue weighted by Gasteiger charge is -1.89. The average molecular weight is 165 g/mol. The Morgan fingerprint density at radius 3 is 2.70 bits per heavy atom. The van der Waals surface area contributed by atoms with Crippen molar-refractivity contribution in [3.63, 3.8) is 0 Å². The average Bonchev–Trinajstić information content (AvgIpc) is 1.79. The maximum Gasteiger partial charge on any atom is 0.328 e. The number of carboxylic acid groups (broad SMARTS) is 1. The van der Waals surface area contributed by atoms with Gasteiger partial charge in [0.15, 0.2) is 0 Å². The van der Waals surface area contributed by atoms with Gasteiger partial charge in [0.05, 0.1) is 0 Å². The molecule has 10 heavy (non-hydrogen) atoms. The van der Waals surface area contributed by atoms with E-state index in [0.717, 1.165) is 6.08 Å². The van der Waals surface area contributed by atoms with Gasteiger partial charge in [-0.1, -0.05) is 6.08 Å². The van der Waals surface area contributed by atoms with Gasteiger partial charge in [-0.2, -0.15) is 0 Å². The fourth-order valence-corrected chi connectivity index (χ4v) is 0.518. The molecular weight excluding hydrogens is 158 g/mol. The molecule has 0 aromatic heterocycles. The quantitative estimate of drug-likeness (QED) is 0.381. The third-order valence-electron chi connectivity index (χ3n) is 0.585. The van der Waals surface area contributed by atoms with Crippen LogP contribution in [0.25, 0.3) is 0 Å². The summed E-state index contributed by atoms with van der Waals surface area (Å²) < 4.78 is 20.0. The third kappa shape index (κ3) is 7.28. The van der Waals surface area contributed by atoms with E-state index in [-0.39, 0.29) is 6.54 Å². The van der Waals surface area contributed by atoms with Gasteiger partial charge in [0, 0.05) is 12.6 Å². The molecule has 3 N–H and O–H groups in total. The van der Waals surface area contributed by atoms with E-state index in [1.54, 1.807) is 0 Å². The zero-order chi connectivity index (χ0) is 7.98. The SMILES string of the molecule is O=C(O)C=CCNS(=O)O. The van der Waals surface area contributed by atoms with Crippen LogP contribution in [0.2, 0.25) is 0 Å². The summed E-state index contributed by atoms with van der Waals surface area (Å²) in [5.74, 6) is -1.08. The van der Waals surface area contributed by atoms with Gasteiger partial charge in [-0.05, 0) is 0 Å². The molecule has 5 nitrogen and oxygen atoms in total. The minimum atomic E-state index is -2.07. The van der Waals surface area contributed by atoms with Gasteiger partial charge in [-0.25, -0.2) is 13.7 Å². The summed E-state index contributed by atoms with van der Waals surface area (Å²) in [6.45, 7) is 0.0649. The highest BCUT2D eigenvalue weighted by Gasteiger charge is 1.87. The lowest BCUT2D eigenvalue weighted by Crippen LogP contribution is -2.15. The highest BCUT2D eigenvalue weighted by atomic mass is 32.2. The Labute approximate surface area is 60.2 Å². The first-order valence-corrected chi connectivity index (χ1v) is 3.47. The molecule has 0 spiro atoms. The van der Waals surface area contributed by atoms with E-state index in [0.29, 0.717) is 0 Å². The summed E-state index contributed by atoms with van der Waals surface area (Å²) in [7, 11) is 0. The topological polar surface area (TPSA) is 86.6 Å². The van der Waals surface area contributed by atoms with Crippen molar-refractivity contribution in [2.24, 2.45) is 0 Å². The molecule has 0 bridgehead atoms. The van der Waals surface area contributed by atoms with E-state index < -0.39 is 17.2 Å². The van der Waals surface area contributed by atoms with Crippen molar-refractivity contribution in [2.75, 3.05) is 6.54 Å². The van der Waals surface area contributed by atoms with Crippen LogP contribution in [0.5, 0.6) is 0 Å². The van der Waals surface area contributed by atoms with Gasteiger partial charge < -0.3 is 5.11 Å². The van der Waals surface area contributed by atoms with Crippen molar-refractivity contribution in [1.82, 2.24) is 4.72 Å². The zero-order valence-electron chi connectivity index (χ0n) is 4.98. The Kier molecular flexibility index (Phi) is 4.73. The standard InChI is InChI=1S/C4H7NO4S/c6-4(7)2-1-3-5-10(8)9/h1-2,5H,3H2,(H,6,7)(H,8,9). The van der Waals surface area contributed by atoms with Crippen molar-refractivity contribution in [1.29, 1.82) is 0 Å². The second-order valence-corrected chi connectivity index (χ2v) is 2.13. The molecule has 6 heteroatoms. The number of aliphatic carboxylic acids is 1. The number of rotatable bonds is 4. The Hall–Kier alpha value is -0.720. The van der Waals surface area contributed by atoms with Gasteiger partial charge in [0.1, 0.15) is 0 Å². The van der Waals surface area contributed by atoms with Gasteiger partial charge in [-0.3, -0.25) is 4.55 Å². The summed E-state index contributed by atoms with van der Waals surface area (Å²) in [4.78, 5) is 9.79. The van der Waals surface area contributed by atoms with Crippen molar-refractivity contribution in [3.8, 4) is 0 Å². The number of carbonyl (C=O) groups is 1. The molecule has 1 atom stereocenters. The Morgan fingerprint density at radius 2 is 2.30 bits per heavy atom. The van der Waals surface area contributed by atoms with Crippen LogP contribution in [0.4, 0.5) is 0 Å². The maximum absolute atomic E-state index is 9.86. The first-order valence-electron chi connectivity index (χ1n) is 2.36. The van der Waals surface area contributed by atoms with E-state index in [1.807, 2.05) is 0 Å². The van der Waals surface area contributed by atoms with Crippen LogP contribution in [-0.2, 0) is 16.1 Å². The number of nitrogens with one attached hydrogen (secondary N) is 1. The smallest absolute Gasteiger partial charge is 0.328 e. The van der Waals surface area contributed by atoms with Crippen LogP contribution < -0.4 is 4.72 Å². The maximum atomic E-state index is 9.86. The number of carboxylic acids is 1. The van der Waals surface area contributed by atoms with Crippen LogP contribution in [0.1, 0.15) is 0 Å². The highest BCUT2D eigenvalue weighted by Crippen LogP contribution is 1.71. The lowest BCUT2D eigenvalue weighted by atomic mass is 10.5. The van der Waals surface area contributed by atoms with Gasteiger partial charge in [0.2, 0.25) is 11.3 Å². The fraction of sp³-hybridized carbons (Fsp3) is 0.250. The molecule has 0 heterocycles. The Morgan fingerprint density at radius 1 is 1.70 bits per heavy atom. The third-order valence-corrected chi connectivity index (χ3v) is 0.999.